The lowest BCUT2D eigenvalue weighted by molar-refractivity contribution is -0.147. The van der Waals surface area contributed by atoms with Crippen LogP contribution in [0.5, 0.6) is 0 Å². The zero-order valence-electron chi connectivity index (χ0n) is 16.7. The van der Waals surface area contributed by atoms with Crippen molar-refractivity contribution < 1.29 is 9.47 Å². The van der Waals surface area contributed by atoms with Crippen molar-refractivity contribution >= 4 is 0 Å². The second kappa shape index (κ2) is 14.2. The molecule has 0 aromatic rings. The smallest absolute Gasteiger partial charge is 0.172 e. The summed E-state index contributed by atoms with van der Waals surface area (Å²) in [6.45, 7) is 12.1. The van der Waals surface area contributed by atoms with Gasteiger partial charge in [-0.25, -0.2) is 0 Å². The molecule has 0 fully saturated rings. The lowest BCUT2D eigenvalue weighted by Gasteiger charge is -2.35. The highest BCUT2D eigenvalue weighted by atomic mass is 16.7. The Labute approximate surface area is 145 Å². The molecule has 0 rings (SSSR count). The Bertz CT molecular complexity index is 256. The van der Waals surface area contributed by atoms with Gasteiger partial charge in [-0.05, 0) is 33.1 Å². The maximum atomic E-state index is 6.06. The van der Waals surface area contributed by atoms with E-state index in [1.165, 1.54) is 44.9 Å². The molecule has 0 amide bonds. The first-order valence-corrected chi connectivity index (χ1v) is 9.92. The van der Waals surface area contributed by atoms with E-state index in [1.807, 2.05) is 0 Å². The van der Waals surface area contributed by atoms with Crippen molar-refractivity contribution in [3.8, 4) is 0 Å². The minimum atomic E-state index is -0.135. The fraction of sp³-hybridized carbons (Fsp3) is 1.00. The van der Waals surface area contributed by atoms with Crippen molar-refractivity contribution in [3.05, 3.63) is 0 Å². The van der Waals surface area contributed by atoms with Crippen molar-refractivity contribution in [3.63, 3.8) is 0 Å². The van der Waals surface area contributed by atoms with Gasteiger partial charge in [0.25, 0.3) is 0 Å². The van der Waals surface area contributed by atoms with Gasteiger partial charge in [0.05, 0.1) is 6.04 Å². The maximum absolute atomic E-state index is 6.06. The molecule has 0 aromatic carbocycles. The summed E-state index contributed by atoms with van der Waals surface area (Å²) in [5, 5.41) is 3.77. The predicted octanol–water partition coefficient (Wildman–Crippen LogP) is 5.67. The number of rotatable bonds is 16. The lowest BCUT2D eigenvalue weighted by atomic mass is 9.98. The van der Waals surface area contributed by atoms with Crippen LogP contribution in [0, 0.1) is 0 Å². The highest BCUT2D eigenvalue weighted by Gasteiger charge is 2.27. The first kappa shape index (κ1) is 22.9. The van der Waals surface area contributed by atoms with Crippen LogP contribution in [0.4, 0.5) is 0 Å². The largest absolute Gasteiger partial charge is 0.354 e. The minimum absolute atomic E-state index is 0.123. The van der Waals surface area contributed by atoms with Gasteiger partial charge < -0.3 is 14.8 Å². The molecular weight excluding hydrogens is 286 g/mol. The average Bonchev–Trinajstić information content (AvgIpc) is 2.54. The second-order valence-corrected chi connectivity index (χ2v) is 7.37. The van der Waals surface area contributed by atoms with Crippen LogP contribution >= 0.6 is 0 Å². The zero-order chi connectivity index (χ0) is 17.6. The predicted molar refractivity (Wildman–Crippen MR) is 101 cm³/mol. The molecule has 0 aliphatic heterocycles. The Morgan fingerprint density at radius 3 is 2.00 bits per heavy atom. The molecule has 1 N–H and O–H groups in total. The van der Waals surface area contributed by atoms with Crippen LogP contribution in [0.1, 0.15) is 98.8 Å². The molecule has 0 saturated heterocycles. The molecule has 0 spiro atoms. The Balaban J connectivity index is 4.44. The summed E-state index contributed by atoms with van der Waals surface area (Å²) < 4.78 is 11.7. The fourth-order valence-electron chi connectivity index (χ4n) is 2.75. The van der Waals surface area contributed by atoms with Crippen molar-refractivity contribution in [2.24, 2.45) is 0 Å². The monoisotopic (exact) mass is 329 g/mol. The molecule has 0 saturated carbocycles. The van der Waals surface area contributed by atoms with Crippen molar-refractivity contribution in [2.75, 3.05) is 13.7 Å². The molecule has 0 heterocycles. The molecule has 3 heteroatoms. The molecule has 23 heavy (non-hydrogen) atoms. The highest BCUT2D eigenvalue weighted by molar-refractivity contribution is 4.83. The van der Waals surface area contributed by atoms with Crippen molar-refractivity contribution in [2.45, 2.75) is 117 Å². The van der Waals surface area contributed by atoms with Gasteiger partial charge in [0, 0.05) is 19.3 Å². The quantitative estimate of drug-likeness (QED) is 0.292. The number of hydrogen-bond donors (Lipinski definition) is 1. The van der Waals surface area contributed by atoms with E-state index in [2.05, 4.69) is 39.9 Å². The third-order valence-corrected chi connectivity index (χ3v) is 4.67. The van der Waals surface area contributed by atoms with Gasteiger partial charge in [-0.15, -0.1) is 0 Å². The number of ether oxygens (including phenoxy) is 2. The van der Waals surface area contributed by atoms with Crippen LogP contribution < -0.4 is 5.32 Å². The SMILES string of the molecule is CCCCCCOC(OC)C(CCCCCC)NC(C)(C)CC. The molecule has 0 radical (unpaired) electrons. The third kappa shape index (κ3) is 12.0. The summed E-state index contributed by atoms with van der Waals surface area (Å²) in [6.07, 6.45) is 12.2. The Hall–Kier alpha value is -0.120. The van der Waals surface area contributed by atoms with Gasteiger partial charge in [-0.1, -0.05) is 65.7 Å². The van der Waals surface area contributed by atoms with Gasteiger partial charge in [-0.3, -0.25) is 0 Å². The normalized spacial score (nSPS) is 14.9. The van der Waals surface area contributed by atoms with E-state index in [1.54, 1.807) is 7.11 Å². The Kier molecular flexibility index (Phi) is 14.2. The Morgan fingerprint density at radius 2 is 1.48 bits per heavy atom. The summed E-state index contributed by atoms with van der Waals surface area (Å²) >= 11 is 0. The number of nitrogens with one attached hydrogen (secondary N) is 1. The highest BCUT2D eigenvalue weighted by Crippen LogP contribution is 2.17. The van der Waals surface area contributed by atoms with Crippen molar-refractivity contribution in [1.82, 2.24) is 5.32 Å². The van der Waals surface area contributed by atoms with Crippen LogP contribution in [-0.2, 0) is 9.47 Å². The summed E-state index contributed by atoms with van der Waals surface area (Å²) in [4.78, 5) is 0. The number of unbranched alkanes of at least 4 members (excludes halogenated alkanes) is 6. The van der Waals surface area contributed by atoms with Crippen LogP contribution in [-0.4, -0.2) is 31.6 Å². The van der Waals surface area contributed by atoms with Crippen LogP contribution in [0.15, 0.2) is 0 Å². The third-order valence-electron chi connectivity index (χ3n) is 4.67. The summed E-state index contributed by atoms with van der Waals surface area (Å²) in [7, 11) is 1.77. The first-order valence-electron chi connectivity index (χ1n) is 9.92. The van der Waals surface area contributed by atoms with E-state index in [0.717, 1.165) is 25.9 Å². The lowest BCUT2D eigenvalue weighted by Crippen LogP contribution is -2.52. The van der Waals surface area contributed by atoms with Gasteiger partial charge >= 0.3 is 0 Å². The van der Waals surface area contributed by atoms with E-state index in [4.69, 9.17) is 9.47 Å². The molecular formula is C20H43NO2. The van der Waals surface area contributed by atoms with E-state index in [0.29, 0.717) is 0 Å². The standard InChI is InChI=1S/C20H43NO2/c1-7-10-12-14-16-18(21-20(4,5)9-3)19(22-6)23-17-15-13-11-8-2/h18-19,21H,7-17H2,1-6H3. The zero-order valence-corrected chi connectivity index (χ0v) is 16.7. The van der Waals surface area contributed by atoms with Gasteiger partial charge in [-0.2, -0.15) is 0 Å². The summed E-state index contributed by atoms with van der Waals surface area (Å²) in [6, 6.07) is 0.276. The number of methoxy groups -OCH3 is 1. The van der Waals surface area contributed by atoms with Gasteiger partial charge in [0.1, 0.15) is 0 Å². The second-order valence-electron chi connectivity index (χ2n) is 7.37. The molecule has 0 aromatic heterocycles. The van der Waals surface area contributed by atoms with E-state index < -0.39 is 0 Å². The van der Waals surface area contributed by atoms with E-state index in [-0.39, 0.29) is 17.9 Å². The van der Waals surface area contributed by atoms with E-state index in [9.17, 15) is 0 Å². The molecule has 2 atom stereocenters. The molecule has 0 aliphatic carbocycles. The Morgan fingerprint density at radius 1 is 0.870 bits per heavy atom. The van der Waals surface area contributed by atoms with Crippen LogP contribution in [0.2, 0.25) is 0 Å². The minimum Gasteiger partial charge on any atom is -0.354 e. The molecule has 0 aliphatic rings. The summed E-state index contributed by atoms with van der Waals surface area (Å²) in [5.41, 5.74) is 0.123. The molecule has 0 bridgehead atoms. The maximum Gasteiger partial charge on any atom is 0.172 e. The summed E-state index contributed by atoms with van der Waals surface area (Å²) in [5.74, 6) is 0. The number of hydrogen-bond acceptors (Lipinski definition) is 3. The molecule has 3 nitrogen and oxygen atoms in total. The van der Waals surface area contributed by atoms with Crippen molar-refractivity contribution in [1.29, 1.82) is 0 Å². The molecule has 2 unspecified atom stereocenters. The van der Waals surface area contributed by atoms with Gasteiger partial charge in [0.15, 0.2) is 6.29 Å². The van der Waals surface area contributed by atoms with Gasteiger partial charge in [0.2, 0.25) is 0 Å². The average molecular weight is 330 g/mol. The topological polar surface area (TPSA) is 30.5 Å². The van der Waals surface area contributed by atoms with E-state index >= 15 is 0 Å². The first-order chi connectivity index (χ1) is 11.0. The fourth-order valence-corrected chi connectivity index (χ4v) is 2.75. The van der Waals surface area contributed by atoms with Crippen LogP contribution in [0.3, 0.4) is 0 Å². The molecule has 140 valence electrons. The van der Waals surface area contributed by atoms with Crippen LogP contribution in [0.25, 0.3) is 0 Å².